The molecule has 0 radical (unpaired) electrons. The van der Waals surface area contributed by atoms with Crippen LogP contribution in [0.15, 0.2) is 65.5 Å². The lowest BCUT2D eigenvalue weighted by molar-refractivity contribution is -0.137. The van der Waals surface area contributed by atoms with Crippen molar-refractivity contribution in [2.24, 2.45) is 0 Å². The standard InChI is InChI=1S/C19H15F3N2O2/c1-13-10-17(25)18(26-12-14-6-3-2-4-7-14)23-24(13)16-9-5-8-15(11-16)19(20,21)22/h2-11H,12H2,1H3. The maximum Gasteiger partial charge on any atom is 0.416 e. The first kappa shape index (κ1) is 17.7. The molecule has 134 valence electrons. The summed E-state index contributed by atoms with van der Waals surface area (Å²) < 4.78 is 45.5. The van der Waals surface area contributed by atoms with Crippen LogP contribution in [-0.4, -0.2) is 9.78 Å². The number of nitrogens with zero attached hydrogens (tertiary/aromatic N) is 2. The van der Waals surface area contributed by atoms with E-state index in [1.54, 1.807) is 6.92 Å². The van der Waals surface area contributed by atoms with Crippen LogP contribution >= 0.6 is 0 Å². The summed E-state index contributed by atoms with van der Waals surface area (Å²) in [4.78, 5) is 12.1. The fourth-order valence-corrected chi connectivity index (χ4v) is 2.43. The highest BCUT2D eigenvalue weighted by Gasteiger charge is 2.30. The van der Waals surface area contributed by atoms with Gasteiger partial charge in [-0.2, -0.15) is 13.2 Å². The molecule has 0 saturated carbocycles. The number of hydrogen-bond donors (Lipinski definition) is 0. The van der Waals surface area contributed by atoms with Crippen molar-refractivity contribution in [1.82, 2.24) is 9.78 Å². The third kappa shape index (κ3) is 3.93. The summed E-state index contributed by atoms with van der Waals surface area (Å²) in [5.41, 5.74) is 0.228. The van der Waals surface area contributed by atoms with Crippen molar-refractivity contribution in [3.05, 3.63) is 87.7 Å². The molecule has 0 aliphatic carbocycles. The highest BCUT2D eigenvalue weighted by molar-refractivity contribution is 5.38. The minimum atomic E-state index is -4.46. The lowest BCUT2D eigenvalue weighted by Crippen LogP contribution is -2.17. The van der Waals surface area contributed by atoms with E-state index in [-0.39, 0.29) is 18.2 Å². The van der Waals surface area contributed by atoms with Gasteiger partial charge in [0.15, 0.2) is 0 Å². The molecule has 0 atom stereocenters. The van der Waals surface area contributed by atoms with Crippen molar-refractivity contribution >= 4 is 0 Å². The van der Waals surface area contributed by atoms with E-state index in [9.17, 15) is 18.0 Å². The average molecular weight is 360 g/mol. The van der Waals surface area contributed by atoms with Gasteiger partial charge in [-0.05, 0) is 30.7 Å². The Kier molecular flexibility index (Phi) is 4.79. The molecule has 2 aromatic carbocycles. The molecular weight excluding hydrogens is 345 g/mol. The number of alkyl halides is 3. The van der Waals surface area contributed by atoms with Gasteiger partial charge in [-0.15, -0.1) is 5.10 Å². The third-order valence-electron chi connectivity index (χ3n) is 3.71. The summed E-state index contributed by atoms with van der Waals surface area (Å²) in [6, 6.07) is 15.2. The summed E-state index contributed by atoms with van der Waals surface area (Å²) in [7, 11) is 0. The van der Waals surface area contributed by atoms with E-state index in [1.807, 2.05) is 30.3 Å². The van der Waals surface area contributed by atoms with Crippen molar-refractivity contribution in [3.8, 4) is 11.6 Å². The highest BCUT2D eigenvalue weighted by atomic mass is 19.4. The topological polar surface area (TPSA) is 44.1 Å². The number of aryl methyl sites for hydroxylation is 1. The average Bonchev–Trinajstić information content (AvgIpc) is 2.61. The van der Waals surface area contributed by atoms with Gasteiger partial charge < -0.3 is 4.74 Å². The van der Waals surface area contributed by atoms with Crippen LogP contribution in [0.3, 0.4) is 0 Å². The maximum absolute atomic E-state index is 12.9. The zero-order valence-electron chi connectivity index (χ0n) is 13.8. The molecule has 0 N–H and O–H groups in total. The van der Waals surface area contributed by atoms with Gasteiger partial charge in [0.05, 0.1) is 11.3 Å². The van der Waals surface area contributed by atoms with E-state index in [4.69, 9.17) is 4.74 Å². The van der Waals surface area contributed by atoms with Gasteiger partial charge >= 0.3 is 6.18 Å². The molecule has 0 fully saturated rings. The second kappa shape index (κ2) is 7.03. The molecule has 3 aromatic rings. The Morgan fingerprint density at radius 3 is 2.46 bits per heavy atom. The largest absolute Gasteiger partial charge is 0.469 e. The zero-order valence-corrected chi connectivity index (χ0v) is 13.8. The Hall–Kier alpha value is -3.09. The van der Waals surface area contributed by atoms with E-state index in [1.165, 1.54) is 22.9 Å². The fourth-order valence-electron chi connectivity index (χ4n) is 2.43. The molecule has 0 saturated heterocycles. The number of aromatic nitrogens is 2. The molecule has 0 bridgehead atoms. The molecule has 26 heavy (non-hydrogen) atoms. The van der Waals surface area contributed by atoms with Crippen LogP contribution in [0.5, 0.6) is 5.88 Å². The second-order valence-electron chi connectivity index (χ2n) is 5.69. The predicted molar refractivity (Wildman–Crippen MR) is 90.3 cm³/mol. The fraction of sp³-hybridized carbons (Fsp3) is 0.158. The molecular formula is C19H15F3N2O2. The summed E-state index contributed by atoms with van der Waals surface area (Å²) in [6.07, 6.45) is -4.46. The maximum atomic E-state index is 12.9. The van der Waals surface area contributed by atoms with Crippen molar-refractivity contribution in [1.29, 1.82) is 0 Å². The van der Waals surface area contributed by atoms with Crippen LogP contribution in [0.4, 0.5) is 13.2 Å². The van der Waals surface area contributed by atoms with Crippen molar-refractivity contribution < 1.29 is 17.9 Å². The smallest absolute Gasteiger partial charge is 0.416 e. The van der Waals surface area contributed by atoms with Crippen molar-refractivity contribution in [2.75, 3.05) is 0 Å². The Bertz CT molecular complexity index is 967. The van der Waals surface area contributed by atoms with Crippen molar-refractivity contribution in [3.63, 3.8) is 0 Å². The second-order valence-corrected chi connectivity index (χ2v) is 5.69. The minimum absolute atomic E-state index is 0.134. The Balaban J connectivity index is 1.95. The van der Waals surface area contributed by atoms with Gasteiger partial charge in [0.2, 0.25) is 5.43 Å². The minimum Gasteiger partial charge on any atom is -0.469 e. The number of ether oxygens (including phenoxy) is 1. The van der Waals surface area contributed by atoms with Crippen LogP contribution in [0.2, 0.25) is 0 Å². The Morgan fingerprint density at radius 1 is 1.04 bits per heavy atom. The van der Waals surface area contributed by atoms with E-state index in [0.717, 1.165) is 17.7 Å². The molecule has 1 heterocycles. The summed E-state index contributed by atoms with van der Waals surface area (Å²) in [5, 5.41) is 4.09. The van der Waals surface area contributed by atoms with Crippen LogP contribution < -0.4 is 10.2 Å². The molecule has 0 aliphatic heterocycles. The summed E-state index contributed by atoms with van der Waals surface area (Å²) in [5.74, 6) is -0.170. The van der Waals surface area contributed by atoms with E-state index in [0.29, 0.717) is 5.69 Å². The van der Waals surface area contributed by atoms with Gasteiger partial charge in [-0.25, -0.2) is 4.68 Å². The lowest BCUT2D eigenvalue weighted by Gasteiger charge is -2.14. The zero-order chi connectivity index (χ0) is 18.7. The molecule has 4 nitrogen and oxygen atoms in total. The highest BCUT2D eigenvalue weighted by Crippen LogP contribution is 2.30. The first-order valence-corrected chi connectivity index (χ1v) is 7.80. The lowest BCUT2D eigenvalue weighted by atomic mass is 10.2. The van der Waals surface area contributed by atoms with E-state index >= 15 is 0 Å². The molecule has 7 heteroatoms. The van der Waals surface area contributed by atoms with Crippen LogP contribution in [-0.2, 0) is 12.8 Å². The molecule has 3 rings (SSSR count). The Labute approximate surface area is 147 Å². The molecule has 0 spiro atoms. The quantitative estimate of drug-likeness (QED) is 0.702. The monoisotopic (exact) mass is 360 g/mol. The normalized spacial score (nSPS) is 11.4. The molecule has 0 aliphatic rings. The number of hydrogen-bond acceptors (Lipinski definition) is 3. The summed E-state index contributed by atoms with van der Waals surface area (Å²) in [6.45, 7) is 1.73. The summed E-state index contributed by atoms with van der Waals surface area (Å²) >= 11 is 0. The first-order valence-electron chi connectivity index (χ1n) is 7.80. The molecule has 1 aromatic heterocycles. The van der Waals surface area contributed by atoms with Crippen molar-refractivity contribution in [2.45, 2.75) is 19.7 Å². The molecule has 0 amide bonds. The predicted octanol–water partition coefficient (Wildman–Crippen LogP) is 4.14. The number of halogens is 3. The Morgan fingerprint density at radius 2 is 1.77 bits per heavy atom. The van der Waals surface area contributed by atoms with Crippen LogP contribution in [0.25, 0.3) is 5.69 Å². The van der Waals surface area contributed by atoms with Gasteiger partial charge in [-0.1, -0.05) is 36.4 Å². The van der Waals surface area contributed by atoms with Gasteiger partial charge in [0, 0.05) is 11.8 Å². The van der Waals surface area contributed by atoms with Gasteiger partial charge in [-0.3, -0.25) is 4.79 Å². The number of rotatable bonds is 4. The van der Waals surface area contributed by atoms with Crippen LogP contribution in [0.1, 0.15) is 16.8 Å². The first-order chi connectivity index (χ1) is 12.3. The van der Waals surface area contributed by atoms with E-state index in [2.05, 4.69) is 5.10 Å². The van der Waals surface area contributed by atoms with Gasteiger partial charge in [0.25, 0.3) is 5.88 Å². The van der Waals surface area contributed by atoms with Gasteiger partial charge in [0.1, 0.15) is 6.61 Å². The molecule has 0 unspecified atom stereocenters. The SMILES string of the molecule is Cc1cc(=O)c(OCc2ccccc2)nn1-c1cccc(C(F)(F)F)c1. The number of benzene rings is 2. The van der Waals surface area contributed by atoms with E-state index < -0.39 is 17.2 Å². The third-order valence-corrected chi connectivity index (χ3v) is 3.71. The van der Waals surface area contributed by atoms with Crippen LogP contribution in [0, 0.1) is 6.92 Å².